The summed E-state index contributed by atoms with van der Waals surface area (Å²) in [4.78, 5) is 13.2. The van der Waals surface area contributed by atoms with Crippen LogP contribution in [0.2, 0.25) is 0 Å². The van der Waals surface area contributed by atoms with Crippen LogP contribution in [0.1, 0.15) is 22.4 Å². The van der Waals surface area contributed by atoms with Crippen LogP contribution in [0.4, 0.5) is 10.2 Å². The van der Waals surface area contributed by atoms with Gasteiger partial charge in [0, 0.05) is 36.9 Å². The maximum absolute atomic E-state index is 13.7. The second kappa shape index (κ2) is 7.56. The third kappa shape index (κ3) is 3.34. The molecule has 0 bridgehead atoms. The molecule has 3 heterocycles. The Kier molecular flexibility index (Phi) is 4.81. The summed E-state index contributed by atoms with van der Waals surface area (Å²) in [6.45, 7) is 0. The summed E-state index contributed by atoms with van der Waals surface area (Å²) in [5.74, 6) is 0.181. The van der Waals surface area contributed by atoms with Gasteiger partial charge < -0.3 is 5.73 Å². The maximum atomic E-state index is 13.7. The minimum atomic E-state index is -0.642. The molecule has 0 atom stereocenters. The lowest BCUT2D eigenvalue weighted by molar-refractivity contribution is 0.590. The number of rotatable bonds is 5. The second-order valence-corrected chi connectivity index (χ2v) is 6.63. The first-order valence-electron chi connectivity index (χ1n) is 8.97. The minimum Gasteiger partial charge on any atom is -0.384 e. The van der Waals surface area contributed by atoms with E-state index in [1.54, 1.807) is 18.5 Å². The van der Waals surface area contributed by atoms with Crippen molar-refractivity contribution >= 4 is 5.82 Å². The number of nitrogens with two attached hydrogens (primary N) is 1. The Bertz CT molecular complexity index is 1010. The van der Waals surface area contributed by atoms with E-state index in [0.717, 1.165) is 22.4 Å². The number of hydrogen-bond donors (Lipinski definition) is 1. The van der Waals surface area contributed by atoms with Crippen LogP contribution in [0.25, 0.3) is 0 Å². The lowest BCUT2D eigenvalue weighted by atomic mass is 9.67. The SMILES string of the molecule is Nc1cccc(CC(c2ccc(F)cc2)(c2cccnc2)c2cccnc2)n1. The Morgan fingerprint density at radius 1 is 0.750 bits per heavy atom. The van der Waals surface area contributed by atoms with Gasteiger partial charge in [-0.1, -0.05) is 30.3 Å². The molecule has 5 heteroatoms. The Morgan fingerprint density at radius 2 is 1.39 bits per heavy atom. The molecule has 0 aliphatic carbocycles. The Labute approximate surface area is 162 Å². The highest BCUT2D eigenvalue weighted by Gasteiger charge is 2.37. The lowest BCUT2D eigenvalue weighted by Crippen LogP contribution is -2.33. The molecule has 0 aliphatic rings. The van der Waals surface area contributed by atoms with E-state index in [1.165, 1.54) is 12.1 Å². The van der Waals surface area contributed by atoms with Gasteiger partial charge >= 0.3 is 0 Å². The molecule has 0 saturated carbocycles. The van der Waals surface area contributed by atoms with Gasteiger partial charge in [0.2, 0.25) is 0 Å². The largest absolute Gasteiger partial charge is 0.384 e. The van der Waals surface area contributed by atoms with Gasteiger partial charge in [-0.2, -0.15) is 0 Å². The highest BCUT2D eigenvalue weighted by molar-refractivity contribution is 5.50. The van der Waals surface area contributed by atoms with E-state index in [2.05, 4.69) is 15.0 Å². The normalized spacial score (nSPS) is 11.3. The summed E-state index contributed by atoms with van der Waals surface area (Å²) in [5.41, 5.74) is 8.99. The van der Waals surface area contributed by atoms with Crippen molar-refractivity contribution < 1.29 is 4.39 Å². The highest BCUT2D eigenvalue weighted by atomic mass is 19.1. The van der Waals surface area contributed by atoms with Crippen molar-refractivity contribution in [2.45, 2.75) is 11.8 Å². The van der Waals surface area contributed by atoms with E-state index in [4.69, 9.17) is 5.73 Å². The zero-order chi connectivity index (χ0) is 19.4. The molecule has 4 nitrogen and oxygen atoms in total. The number of nitrogens with zero attached hydrogens (tertiary/aromatic N) is 3. The molecule has 0 unspecified atom stereocenters. The van der Waals surface area contributed by atoms with E-state index in [1.807, 2.05) is 60.9 Å². The molecule has 1 aromatic carbocycles. The average molecular weight is 370 g/mol. The van der Waals surface area contributed by atoms with E-state index < -0.39 is 5.41 Å². The number of anilines is 1. The zero-order valence-electron chi connectivity index (χ0n) is 15.2. The van der Waals surface area contributed by atoms with Gasteiger partial charge in [0.25, 0.3) is 0 Å². The van der Waals surface area contributed by atoms with Gasteiger partial charge in [0.1, 0.15) is 11.6 Å². The van der Waals surface area contributed by atoms with Crippen LogP contribution >= 0.6 is 0 Å². The summed E-state index contributed by atoms with van der Waals surface area (Å²) in [5, 5.41) is 0. The van der Waals surface area contributed by atoms with E-state index in [9.17, 15) is 4.39 Å². The van der Waals surface area contributed by atoms with Crippen LogP contribution in [-0.2, 0) is 11.8 Å². The molecule has 4 rings (SSSR count). The smallest absolute Gasteiger partial charge is 0.123 e. The summed E-state index contributed by atoms with van der Waals surface area (Å²) in [6.07, 6.45) is 7.67. The fraction of sp³-hybridized carbons (Fsp3) is 0.0870. The molecule has 0 fully saturated rings. The number of benzene rings is 1. The van der Waals surface area contributed by atoms with Crippen molar-refractivity contribution in [1.82, 2.24) is 15.0 Å². The van der Waals surface area contributed by atoms with Crippen LogP contribution in [0.3, 0.4) is 0 Å². The van der Waals surface area contributed by atoms with Gasteiger partial charge in [-0.25, -0.2) is 9.37 Å². The molecule has 2 N–H and O–H groups in total. The monoisotopic (exact) mass is 370 g/mol. The fourth-order valence-electron chi connectivity index (χ4n) is 3.64. The Hall–Kier alpha value is -3.60. The molecule has 138 valence electrons. The summed E-state index contributed by atoms with van der Waals surface area (Å²) in [6, 6.07) is 20.0. The number of halogens is 1. The number of hydrogen-bond acceptors (Lipinski definition) is 4. The van der Waals surface area contributed by atoms with Crippen LogP contribution in [-0.4, -0.2) is 15.0 Å². The molecular formula is C23H19FN4. The molecule has 0 spiro atoms. The fourth-order valence-corrected chi connectivity index (χ4v) is 3.64. The maximum Gasteiger partial charge on any atom is 0.123 e. The Morgan fingerprint density at radius 3 is 1.93 bits per heavy atom. The summed E-state index contributed by atoms with van der Waals surface area (Å²) in [7, 11) is 0. The van der Waals surface area contributed by atoms with Crippen LogP contribution < -0.4 is 5.73 Å². The van der Waals surface area contributed by atoms with Crippen molar-refractivity contribution in [3.05, 3.63) is 120 Å². The van der Waals surface area contributed by atoms with Crippen molar-refractivity contribution in [3.8, 4) is 0 Å². The third-order valence-electron chi connectivity index (χ3n) is 4.92. The lowest BCUT2D eigenvalue weighted by Gasteiger charge is -2.35. The van der Waals surface area contributed by atoms with Gasteiger partial charge in [0.05, 0.1) is 5.41 Å². The summed E-state index contributed by atoms with van der Waals surface area (Å²) >= 11 is 0. The predicted octanol–water partition coefficient (Wildman–Crippen LogP) is 4.17. The van der Waals surface area contributed by atoms with Crippen LogP contribution in [0.5, 0.6) is 0 Å². The summed E-state index contributed by atoms with van der Waals surface area (Å²) < 4.78 is 13.7. The van der Waals surface area contributed by atoms with Gasteiger partial charge in [0.15, 0.2) is 0 Å². The quantitative estimate of drug-likeness (QED) is 0.573. The molecule has 0 amide bonds. The molecule has 4 aromatic rings. The molecule has 28 heavy (non-hydrogen) atoms. The van der Waals surface area contributed by atoms with Crippen molar-refractivity contribution in [2.24, 2.45) is 0 Å². The second-order valence-electron chi connectivity index (χ2n) is 6.63. The number of aromatic nitrogens is 3. The third-order valence-corrected chi connectivity index (χ3v) is 4.92. The first kappa shape index (κ1) is 17.8. The van der Waals surface area contributed by atoms with E-state index >= 15 is 0 Å². The van der Waals surface area contributed by atoms with Gasteiger partial charge in [-0.05, 0) is 53.1 Å². The standard InChI is InChI=1S/C23H19FN4/c24-20-10-8-17(9-11-20)23(18-4-2-12-26-15-18,19-5-3-13-27-16-19)14-21-6-1-7-22(25)28-21/h1-13,15-16H,14H2,(H2,25,28). The first-order valence-corrected chi connectivity index (χ1v) is 8.97. The van der Waals surface area contributed by atoms with E-state index in [0.29, 0.717) is 12.2 Å². The van der Waals surface area contributed by atoms with Crippen molar-refractivity contribution in [3.63, 3.8) is 0 Å². The first-order chi connectivity index (χ1) is 13.7. The van der Waals surface area contributed by atoms with Crippen LogP contribution in [0.15, 0.2) is 91.5 Å². The van der Waals surface area contributed by atoms with Crippen molar-refractivity contribution in [2.75, 3.05) is 5.73 Å². The molecule has 3 aromatic heterocycles. The Balaban J connectivity index is 2.00. The predicted molar refractivity (Wildman–Crippen MR) is 107 cm³/mol. The van der Waals surface area contributed by atoms with Gasteiger partial charge in [-0.15, -0.1) is 0 Å². The topological polar surface area (TPSA) is 64.7 Å². The molecule has 0 saturated heterocycles. The molecule has 0 radical (unpaired) electrons. The number of nitrogen functional groups attached to an aromatic ring is 1. The number of pyridine rings is 3. The van der Waals surface area contributed by atoms with Crippen LogP contribution in [0, 0.1) is 5.82 Å². The van der Waals surface area contributed by atoms with E-state index in [-0.39, 0.29) is 5.82 Å². The molecule has 0 aliphatic heterocycles. The zero-order valence-corrected chi connectivity index (χ0v) is 15.2. The average Bonchev–Trinajstić information content (AvgIpc) is 2.74. The van der Waals surface area contributed by atoms with Gasteiger partial charge in [-0.3, -0.25) is 9.97 Å². The minimum absolute atomic E-state index is 0.280. The van der Waals surface area contributed by atoms with Crippen molar-refractivity contribution in [1.29, 1.82) is 0 Å². The highest BCUT2D eigenvalue weighted by Crippen LogP contribution is 2.41. The molecular weight excluding hydrogens is 351 g/mol.